The first-order chi connectivity index (χ1) is 20.1. The molecule has 42 heavy (non-hydrogen) atoms. The van der Waals surface area contributed by atoms with E-state index in [0.717, 1.165) is 11.1 Å². The number of allylic oxidation sites excluding steroid dienone is 2. The molecule has 1 aliphatic carbocycles. The Kier molecular flexibility index (Phi) is 5.59. The van der Waals surface area contributed by atoms with E-state index in [1.54, 1.807) is 42.5 Å². The van der Waals surface area contributed by atoms with Crippen molar-refractivity contribution in [1.29, 1.82) is 0 Å². The first-order valence-electron chi connectivity index (χ1n) is 13.6. The van der Waals surface area contributed by atoms with Crippen molar-refractivity contribution in [3.8, 4) is 46.0 Å². The second-order valence-corrected chi connectivity index (χ2v) is 11.2. The Morgan fingerprint density at radius 2 is 1.40 bits per heavy atom. The van der Waals surface area contributed by atoms with E-state index >= 15 is 0 Å². The van der Waals surface area contributed by atoms with E-state index in [0.29, 0.717) is 40.2 Å². The molecule has 2 heterocycles. The molecular weight excluding hydrogens is 536 g/mol. The van der Waals surface area contributed by atoms with Crippen LogP contribution in [0.3, 0.4) is 0 Å². The van der Waals surface area contributed by atoms with Crippen molar-refractivity contribution < 1.29 is 40.1 Å². The summed E-state index contributed by atoms with van der Waals surface area (Å²) in [5.41, 5.74) is 3.95. The van der Waals surface area contributed by atoms with E-state index in [4.69, 9.17) is 9.47 Å². The minimum atomic E-state index is -1.57. The van der Waals surface area contributed by atoms with Gasteiger partial charge in [0.25, 0.3) is 5.79 Å². The summed E-state index contributed by atoms with van der Waals surface area (Å²) in [5, 5.41) is 62.8. The fourth-order valence-corrected chi connectivity index (χ4v) is 6.78. The number of ether oxygens (including phenoxy) is 2. The lowest BCUT2D eigenvalue weighted by Crippen LogP contribution is -2.56. The summed E-state index contributed by atoms with van der Waals surface area (Å²) in [6.45, 7) is 2.04. The third-order valence-corrected chi connectivity index (χ3v) is 8.49. The number of phenolic OH excluding ortho intramolecular Hbond substituents is 6. The molecule has 8 nitrogen and oxygen atoms in total. The van der Waals surface area contributed by atoms with Gasteiger partial charge >= 0.3 is 0 Å². The summed E-state index contributed by atoms with van der Waals surface area (Å²) in [6.07, 6.45) is 6.14. The van der Waals surface area contributed by atoms with Crippen molar-refractivity contribution in [3.63, 3.8) is 0 Å². The molecule has 4 atom stereocenters. The van der Waals surface area contributed by atoms with Crippen molar-refractivity contribution in [1.82, 2.24) is 0 Å². The van der Waals surface area contributed by atoms with Crippen molar-refractivity contribution in [2.75, 3.05) is 0 Å². The molecule has 4 aromatic carbocycles. The molecule has 0 aromatic heterocycles. The second kappa shape index (κ2) is 9.14. The molecule has 0 fully saturated rings. The maximum atomic E-state index is 11.4. The molecule has 0 radical (unpaired) electrons. The number of benzene rings is 4. The van der Waals surface area contributed by atoms with E-state index in [2.05, 4.69) is 6.08 Å². The molecule has 2 aliphatic heterocycles. The van der Waals surface area contributed by atoms with Gasteiger partial charge in [0, 0.05) is 41.2 Å². The highest BCUT2D eigenvalue weighted by atomic mass is 16.7. The van der Waals surface area contributed by atoms with Crippen molar-refractivity contribution in [2.24, 2.45) is 5.92 Å². The molecule has 0 bridgehead atoms. The molecule has 3 aliphatic rings. The van der Waals surface area contributed by atoms with Gasteiger partial charge in [-0.2, -0.15) is 0 Å². The highest BCUT2D eigenvalue weighted by Crippen LogP contribution is 2.65. The first-order valence-corrected chi connectivity index (χ1v) is 13.6. The van der Waals surface area contributed by atoms with E-state index in [1.807, 2.05) is 13.0 Å². The van der Waals surface area contributed by atoms with E-state index < -0.39 is 11.7 Å². The Bertz CT molecular complexity index is 1820. The third-order valence-electron chi connectivity index (χ3n) is 8.49. The Labute approximate surface area is 241 Å². The molecule has 0 amide bonds. The molecule has 4 aromatic rings. The summed E-state index contributed by atoms with van der Waals surface area (Å²) in [4.78, 5) is 0. The Balaban J connectivity index is 1.44. The average molecular weight is 565 g/mol. The largest absolute Gasteiger partial charge is 0.508 e. The van der Waals surface area contributed by atoms with Crippen LogP contribution in [0.25, 0.3) is 12.2 Å². The highest BCUT2D eigenvalue weighted by Gasteiger charge is 2.61. The van der Waals surface area contributed by atoms with Crippen LogP contribution in [0.1, 0.15) is 53.0 Å². The number of phenols is 6. The number of hydrogen-bond acceptors (Lipinski definition) is 8. The summed E-state index contributed by atoms with van der Waals surface area (Å²) in [6, 6.07) is 16.9. The molecule has 212 valence electrons. The molecule has 0 saturated carbocycles. The smallest absolute Gasteiger partial charge is 0.285 e. The zero-order chi connectivity index (χ0) is 29.3. The highest BCUT2D eigenvalue weighted by molar-refractivity contribution is 5.75. The van der Waals surface area contributed by atoms with Gasteiger partial charge in [0.1, 0.15) is 46.0 Å². The number of rotatable bonds is 3. The lowest BCUT2D eigenvalue weighted by atomic mass is 9.61. The van der Waals surface area contributed by atoms with Crippen LogP contribution >= 0.6 is 0 Å². The Morgan fingerprint density at radius 1 is 0.714 bits per heavy atom. The summed E-state index contributed by atoms with van der Waals surface area (Å²) >= 11 is 0. The van der Waals surface area contributed by atoms with Crippen LogP contribution in [-0.4, -0.2) is 30.6 Å². The quantitative estimate of drug-likeness (QED) is 0.121. The van der Waals surface area contributed by atoms with Gasteiger partial charge in [0.05, 0.1) is 11.5 Å². The number of aromatic hydroxyl groups is 6. The van der Waals surface area contributed by atoms with E-state index in [-0.39, 0.29) is 46.3 Å². The van der Waals surface area contributed by atoms with Crippen molar-refractivity contribution in [3.05, 3.63) is 106 Å². The third kappa shape index (κ3) is 3.90. The van der Waals surface area contributed by atoms with Gasteiger partial charge in [0.15, 0.2) is 0 Å². The van der Waals surface area contributed by atoms with Gasteiger partial charge in [-0.3, -0.25) is 0 Å². The Hall–Kier alpha value is -5.24. The predicted molar refractivity (Wildman–Crippen MR) is 155 cm³/mol. The maximum Gasteiger partial charge on any atom is 0.285 e. The predicted octanol–water partition coefficient (Wildman–Crippen LogP) is 6.56. The van der Waals surface area contributed by atoms with Gasteiger partial charge in [-0.1, -0.05) is 29.9 Å². The summed E-state index contributed by atoms with van der Waals surface area (Å²) in [5.74, 6) is -2.16. The monoisotopic (exact) mass is 564 g/mol. The van der Waals surface area contributed by atoms with Gasteiger partial charge in [-0.15, -0.1) is 0 Å². The molecule has 0 spiro atoms. The topological polar surface area (TPSA) is 140 Å². The fraction of sp³-hybridized carbons (Fsp3) is 0.176. The van der Waals surface area contributed by atoms with Gasteiger partial charge in [-0.05, 0) is 66.9 Å². The van der Waals surface area contributed by atoms with Crippen molar-refractivity contribution in [2.45, 2.75) is 31.0 Å². The normalized spacial score (nSPS) is 23.6. The average Bonchev–Trinajstić information content (AvgIpc) is 2.91. The first kappa shape index (κ1) is 25.7. The molecule has 0 saturated heterocycles. The lowest BCUT2D eigenvalue weighted by molar-refractivity contribution is -0.198. The minimum Gasteiger partial charge on any atom is -0.508 e. The van der Waals surface area contributed by atoms with Crippen LogP contribution in [0.2, 0.25) is 0 Å². The maximum absolute atomic E-state index is 11.4. The minimum absolute atomic E-state index is 0.0238. The lowest BCUT2D eigenvalue weighted by Gasteiger charge is -2.55. The zero-order valence-corrected chi connectivity index (χ0v) is 22.5. The van der Waals surface area contributed by atoms with Crippen LogP contribution in [-0.2, 0) is 5.79 Å². The fourth-order valence-electron chi connectivity index (χ4n) is 6.78. The molecule has 6 N–H and O–H groups in total. The molecular formula is C34H28O8. The Morgan fingerprint density at radius 3 is 2.17 bits per heavy atom. The van der Waals surface area contributed by atoms with Crippen molar-refractivity contribution >= 4 is 12.2 Å². The number of hydrogen-bond donors (Lipinski definition) is 6. The van der Waals surface area contributed by atoms with Crippen LogP contribution in [0.4, 0.5) is 0 Å². The molecule has 8 heteroatoms. The van der Waals surface area contributed by atoms with Gasteiger partial charge in [-0.25, -0.2) is 0 Å². The van der Waals surface area contributed by atoms with E-state index in [1.165, 1.54) is 30.3 Å². The molecule has 7 rings (SSSR count). The SMILES string of the molecule is CC1=CC2c3c(O)cc(/C=C\c4ccc(O)cc4O)cc3OC3(c4ccc(O)cc4O)Oc4cc(O)ccc4C(C1)C23. The van der Waals surface area contributed by atoms with Gasteiger partial charge < -0.3 is 40.1 Å². The summed E-state index contributed by atoms with van der Waals surface area (Å²) in [7, 11) is 0. The van der Waals surface area contributed by atoms with Gasteiger partial charge in [0.2, 0.25) is 0 Å². The van der Waals surface area contributed by atoms with Crippen LogP contribution in [0.15, 0.2) is 78.4 Å². The van der Waals surface area contributed by atoms with Crippen LogP contribution in [0, 0.1) is 5.92 Å². The van der Waals surface area contributed by atoms with Crippen LogP contribution in [0.5, 0.6) is 46.0 Å². The zero-order valence-electron chi connectivity index (χ0n) is 22.5. The second-order valence-electron chi connectivity index (χ2n) is 11.2. The number of fused-ring (bicyclic) bond motifs is 4. The summed E-state index contributed by atoms with van der Waals surface area (Å²) < 4.78 is 13.4. The molecule has 4 unspecified atom stereocenters. The van der Waals surface area contributed by atoms with Crippen LogP contribution < -0.4 is 9.47 Å². The van der Waals surface area contributed by atoms with E-state index in [9.17, 15) is 30.6 Å². The standard InChI is InChI=1S/C34H28O8/c1-17-10-24-23-8-6-22(37)16-30(23)41-34(26-9-7-21(36)15-28(26)39)33(24)25(11-17)32-29(40)12-18(13-31(32)42-34)2-3-19-4-5-20(35)14-27(19)38/h2-9,11-16,24-25,33,35-40H,10H2,1H3/b3-2-.